The summed E-state index contributed by atoms with van der Waals surface area (Å²) in [6.07, 6.45) is 1.36. The molecule has 2 fully saturated rings. The third kappa shape index (κ3) is 7.30. The van der Waals surface area contributed by atoms with Gasteiger partial charge in [0.1, 0.15) is 0 Å². The fraction of sp³-hybridized carbons (Fsp3) is 0.889. The Morgan fingerprint density at radius 1 is 0.800 bits per heavy atom. The van der Waals surface area contributed by atoms with Gasteiger partial charge in [0.05, 0.1) is 6.54 Å². The number of amides is 2. The number of aliphatic hydroxyl groups is 1. The number of piperazine rings is 2. The lowest BCUT2D eigenvalue weighted by atomic mass is 10.2. The molecule has 0 saturated carbocycles. The van der Waals surface area contributed by atoms with Crippen LogP contribution >= 0.6 is 0 Å². The highest BCUT2D eigenvalue weighted by Gasteiger charge is 2.25. The van der Waals surface area contributed by atoms with E-state index in [2.05, 4.69) is 9.80 Å². The standard InChI is InChI=1S/C16H30N4O3.C2H6/c1-2-15(22)19-9-11-20(12-10-19)16(23)14-18-7-5-17(6-8-18)4-3-13-21;1-2/h21H,2-14H2,1H3;1-2H3. The van der Waals surface area contributed by atoms with Crippen LogP contribution in [0.1, 0.15) is 33.6 Å². The van der Waals surface area contributed by atoms with Crippen LogP contribution in [0.25, 0.3) is 0 Å². The summed E-state index contributed by atoms with van der Waals surface area (Å²) < 4.78 is 0. The highest BCUT2D eigenvalue weighted by molar-refractivity contribution is 5.79. The molecule has 0 bridgehead atoms. The van der Waals surface area contributed by atoms with Crippen LogP contribution in [-0.2, 0) is 9.59 Å². The van der Waals surface area contributed by atoms with Crippen molar-refractivity contribution in [2.24, 2.45) is 0 Å². The van der Waals surface area contributed by atoms with Crippen molar-refractivity contribution in [1.82, 2.24) is 19.6 Å². The first-order valence-electron chi connectivity index (χ1n) is 9.75. The van der Waals surface area contributed by atoms with Gasteiger partial charge in [0.25, 0.3) is 0 Å². The first-order chi connectivity index (χ1) is 12.1. The monoisotopic (exact) mass is 356 g/mol. The van der Waals surface area contributed by atoms with Crippen molar-refractivity contribution in [2.75, 3.05) is 72.1 Å². The fourth-order valence-corrected chi connectivity index (χ4v) is 3.19. The smallest absolute Gasteiger partial charge is 0.236 e. The lowest BCUT2D eigenvalue weighted by Crippen LogP contribution is -2.54. The van der Waals surface area contributed by atoms with E-state index in [0.717, 1.165) is 39.1 Å². The van der Waals surface area contributed by atoms with Gasteiger partial charge in [-0.05, 0) is 6.42 Å². The Morgan fingerprint density at radius 2 is 1.28 bits per heavy atom. The Balaban J connectivity index is 0.00000151. The van der Waals surface area contributed by atoms with Gasteiger partial charge in [-0.2, -0.15) is 0 Å². The molecule has 2 heterocycles. The lowest BCUT2D eigenvalue weighted by molar-refractivity contribution is -0.140. The summed E-state index contributed by atoms with van der Waals surface area (Å²) >= 11 is 0. The molecule has 0 unspecified atom stereocenters. The van der Waals surface area contributed by atoms with Gasteiger partial charge in [0.15, 0.2) is 0 Å². The van der Waals surface area contributed by atoms with Crippen LogP contribution in [0.4, 0.5) is 0 Å². The third-order valence-corrected chi connectivity index (χ3v) is 4.74. The molecule has 0 atom stereocenters. The Hall–Kier alpha value is -1.18. The number of nitrogens with zero attached hydrogens (tertiary/aromatic N) is 4. The summed E-state index contributed by atoms with van der Waals surface area (Å²) in [4.78, 5) is 32.3. The Bertz CT molecular complexity index is 390. The zero-order chi connectivity index (χ0) is 18.7. The van der Waals surface area contributed by atoms with Crippen LogP contribution in [0.3, 0.4) is 0 Å². The summed E-state index contributed by atoms with van der Waals surface area (Å²) in [7, 11) is 0. The molecule has 0 radical (unpaired) electrons. The maximum atomic E-state index is 12.4. The van der Waals surface area contributed by atoms with Crippen LogP contribution in [-0.4, -0.2) is 109 Å². The molecule has 0 aliphatic carbocycles. The van der Waals surface area contributed by atoms with Crippen molar-refractivity contribution >= 4 is 11.8 Å². The van der Waals surface area contributed by atoms with Crippen LogP contribution in [0, 0.1) is 0 Å². The Kier molecular flexibility index (Phi) is 10.7. The zero-order valence-electron chi connectivity index (χ0n) is 16.2. The van der Waals surface area contributed by atoms with Crippen LogP contribution in [0.5, 0.6) is 0 Å². The normalized spacial score (nSPS) is 19.4. The Morgan fingerprint density at radius 3 is 1.76 bits per heavy atom. The highest BCUT2D eigenvalue weighted by atomic mass is 16.3. The van der Waals surface area contributed by atoms with Crippen LogP contribution in [0.2, 0.25) is 0 Å². The van der Waals surface area contributed by atoms with Crippen molar-refractivity contribution in [3.8, 4) is 0 Å². The predicted molar refractivity (Wildman–Crippen MR) is 99.4 cm³/mol. The molecule has 25 heavy (non-hydrogen) atoms. The summed E-state index contributed by atoms with van der Waals surface area (Å²) in [6, 6.07) is 0. The molecule has 2 aliphatic rings. The van der Waals surface area contributed by atoms with Crippen LogP contribution < -0.4 is 0 Å². The van der Waals surface area contributed by atoms with E-state index < -0.39 is 0 Å². The van der Waals surface area contributed by atoms with E-state index in [-0.39, 0.29) is 18.4 Å². The number of carbonyl (C=O) groups is 2. The highest BCUT2D eigenvalue weighted by Crippen LogP contribution is 2.07. The van der Waals surface area contributed by atoms with Crippen LogP contribution in [0.15, 0.2) is 0 Å². The number of hydrogen-bond acceptors (Lipinski definition) is 5. The maximum Gasteiger partial charge on any atom is 0.236 e. The topological polar surface area (TPSA) is 67.3 Å². The van der Waals surface area contributed by atoms with Gasteiger partial charge in [-0.3, -0.25) is 14.5 Å². The summed E-state index contributed by atoms with van der Waals surface area (Å²) in [5.41, 5.74) is 0. The maximum absolute atomic E-state index is 12.4. The van der Waals surface area contributed by atoms with Gasteiger partial charge < -0.3 is 19.8 Å². The molecule has 2 aliphatic heterocycles. The minimum atomic E-state index is 0.177. The summed E-state index contributed by atoms with van der Waals surface area (Å²) in [5, 5.41) is 8.87. The molecule has 0 aromatic heterocycles. The molecule has 2 rings (SSSR count). The van der Waals surface area contributed by atoms with Gasteiger partial charge in [-0.25, -0.2) is 0 Å². The molecular formula is C18H36N4O3. The van der Waals surface area contributed by atoms with Crippen molar-refractivity contribution < 1.29 is 14.7 Å². The molecule has 2 amide bonds. The van der Waals surface area contributed by atoms with E-state index >= 15 is 0 Å². The van der Waals surface area contributed by atoms with Gasteiger partial charge in [-0.15, -0.1) is 0 Å². The summed E-state index contributed by atoms with van der Waals surface area (Å²) in [5.74, 6) is 0.355. The van der Waals surface area contributed by atoms with E-state index in [4.69, 9.17) is 5.11 Å². The summed E-state index contributed by atoms with van der Waals surface area (Å²) in [6.45, 7) is 13.9. The molecule has 146 valence electrons. The van der Waals surface area contributed by atoms with E-state index in [9.17, 15) is 9.59 Å². The first kappa shape index (κ1) is 21.9. The number of hydrogen-bond donors (Lipinski definition) is 1. The van der Waals surface area contributed by atoms with Crippen molar-refractivity contribution in [1.29, 1.82) is 0 Å². The average molecular weight is 357 g/mol. The van der Waals surface area contributed by atoms with Crippen molar-refractivity contribution in [3.63, 3.8) is 0 Å². The number of aliphatic hydroxyl groups excluding tert-OH is 1. The quantitative estimate of drug-likeness (QED) is 0.731. The molecular weight excluding hydrogens is 320 g/mol. The zero-order valence-corrected chi connectivity index (χ0v) is 16.2. The fourth-order valence-electron chi connectivity index (χ4n) is 3.19. The molecule has 0 aromatic carbocycles. The van der Waals surface area contributed by atoms with E-state index in [0.29, 0.717) is 39.1 Å². The molecule has 1 N–H and O–H groups in total. The molecule has 0 aromatic rings. The average Bonchev–Trinajstić information content (AvgIpc) is 2.68. The van der Waals surface area contributed by atoms with Gasteiger partial charge in [0, 0.05) is 71.9 Å². The minimum absolute atomic E-state index is 0.177. The second-order valence-electron chi connectivity index (χ2n) is 6.31. The second kappa shape index (κ2) is 12.2. The first-order valence-corrected chi connectivity index (χ1v) is 9.75. The molecule has 0 spiro atoms. The number of rotatable bonds is 6. The van der Waals surface area contributed by atoms with E-state index in [1.165, 1.54) is 0 Å². The van der Waals surface area contributed by atoms with Gasteiger partial charge in [-0.1, -0.05) is 20.8 Å². The largest absolute Gasteiger partial charge is 0.396 e. The molecule has 2 saturated heterocycles. The molecule has 7 nitrogen and oxygen atoms in total. The van der Waals surface area contributed by atoms with Crippen molar-refractivity contribution in [3.05, 3.63) is 0 Å². The van der Waals surface area contributed by atoms with E-state index in [1.807, 2.05) is 30.6 Å². The van der Waals surface area contributed by atoms with Gasteiger partial charge >= 0.3 is 0 Å². The van der Waals surface area contributed by atoms with E-state index in [1.54, 1.807) is 0 Å². The lowest BCUT2D eigenvalue weighted by Gasteiger charge is -2.38. The minimum Gasteiger partial charge on any atom is -0.396 e. The SMILES string of the molecule is CC.CCC(=O)N1CCN(C(=O)CN2CCN(CCCO)CC2)CC1. The number of carbonyl (C=O) groups excluding carboxylic acids is 2. The van der Waals surface area contributed by atoms with Gasteiger partial charge in [0.2, 0.25) is 11.8 Å². The second-order valence-corrected chi connectivity index (χ2v) is 6.31. The Labute approximate surface area is 152 Å². The predicted octanol–water partition coefficient (Wildman–Crippen LogP) is 0.0934. The third-order valence-electron chi connectivity index (χ3n) is 4.74. The molecule has 7 heteroatoms. The van der Waals surface area contributed by atoms with Crippen molar-refractivity contribution in [2.45, 2.75) is 33.6 Å².